The third kappa shape index (κ3) is 2.48. The molecule has 0 N–H and O–H groups in total. The summed E-state index contributed by atoms with van der Waals surface area (Å²) in [5.41, 5.74) is -0.267. The number of esters is 2. The van der Waals surface area contributed by atoms with E-state index in [1.807, 2.05) is 12.2 Å². The highest BCUT2D eigenvalue weighted by Gasteiger charge is 2.53. The summed E-state index contributed by atoms with van der Waals surface area (Å²) in [4.78, 5) is 24.4. The predicted molar refractivity (Wildman–Crippen MR) is 83.9 cm³/mol. The summed E-state index contributed by atoms with van der Waals surface area (Å²) >= 11 is 0. The molecule has 0 amide bonds. The second-order valence-corrected chi connectivity index (χ2v) is 8.55. The number of ether oxygens (including phenoxy) is 3. The van der Waals surface area contributed by atoms with Crippen LogP contribution < -0.4 is 0 Å². The lowest BCUT2D eigenvalue weighted by molar-refractivity contribution is -0.193. The van der Waals surface area contributed by atoms with Gasteiger partial charge < -0.3 is 14.2 Å². The molecule has 3 atom stereocenters. The Morgan fingerprint density at radius 2 is 1.67 bits per heavy atom. The van der Waals surface area contributed by atoms with Crippen molar-refractivity contribution in [3.8, 4) is 0 Å². The Morgan fingerprint density at radius 3 is 2.21 bits per heavy atom. The maximum atomic E-state index is 12.3. The molecule has 6 bridgehead atoms. The molecule has 1 saturated heterocycles. The molecule has 6 rings (SSSR count). The van der Waals surface area contributed by atoms with E-state index in [1.165, 1.54) is 19.3 Å². The summed E-state index contributed by atoms with van der Waals surface area (Å²) in [6, 6.07) is 0. The van der Waals surface area contributed by atoms with Crippen LogP contribution in [0.25, 0.3) is 0 Å². The molecule has 0 aromatic rings. The van der Waals surface area contributed by atoms with Crippen LogP contribution in [0.2, 0.25) is 0 Å². The van der Waals surface area contributed by atoms with Crippen molar-refractivity contribution >= 4 is 11.9 Å². The molecule has 130 valence electrons. The summed E-state index contributed by atoms with van der Waals surface area (Å²) in [5.74, 6) is 1.19. The normalized spacial score (nSPS) is 47.2. The van der Waals surface area contributed by atoms with E-state index in [4.69, 9.17) is 14.2 Å². The lowest BCUT2D eigenvalue weighted by Crippen LogP contribution is -2.53. The molecule has 3 unspecified atom stereocenters. The maximum Gasteiger partial charge on any atom is 0.344 e. The van der Waals surface area contributed by atoms with E-state index in [1.54, 1.807) is 0 Å². The van der Waals surface area contributed by atoms with Crippen molar-refractivity contribution < 1.29 is 23.8 Å². The molecule has 0 spiro atoms. The van der Waals surface area contributed by atoms with Gasteiger partial charge in [0.15, 0.2) is 6.61 Å². The van der Waals surface area contributed by atoms with Crippen LogP contribution in [0, 0.1) is 23.7 Å². The zero-order valence-corrected chi connectivity index (χ0v) is 13.8. The van der Waals surface area contributed by atoms with Crippen molar-refractivity contribution in [3.05, 3.63) is 12.2 Å². The molecule has 0 aromatic heterocycles. The lowest BCUT2D eigenvalue weighted by atomic mass is 9.54. The van der Waals surface area contributed by atoms with E-state index in [2.05, 4.69) is 0 Å². The fourth-order valence-electron chi connectivity index (χ4n) is 6.17. The predicted octanol–water partition coefficient (Wildman–Crippen LogP) is 2.39. The standard InChI is InChI=1S/C19H24O5/c20-17(10-22-18(21)15-6-14-1-2-16(15)23-14)24-19-7-11-3-12(8-19)5-13(4-11)9-19/h1-2,11-16H,3-10H2. The maximum absolute atomic E-state index is 12.3. The molecule has 4 aliphatic carbocycles. The molecule has 24 heavy (non-hydrogen) atoms. The summed E-state index contributed by atoms with van der Waals surface area (Å²) in [5, 5.41) is 0. The van der Waals surface area contributed by atoms with E-state index < -0.39 is 0 Å². The summed E-state index contributed by atoms with van der Waals surface area (Å²) in [6.45, 7) is -0.266. The minimum absolute atomic E-state index is 0.0338. The van der Waals surface area contributed by atoms with Crippen molar-refractivity contribution in [2.75, 3.05) is 6.61 Å². The number of hydrogen-bond acceptors (Lipinski definition) is 5. The van der Waals surface area contributed by atoms with E-state index in [0.717, 1.165) is 37.0 Å². The van der Waals surface area contributed by atoms with Crippen LogP contribution in [0.5, 0.6) is 0 Å². The van der Waals surface area contributed by atoms with Crippen LogP contribution in [-0.4, -0.2) is 36.4 Å². The van der Waals surface area contributed by atoms with Crippen molar-refractivity contribution in [1.82, 2.24) is 0 Å². The molecule has 5 heteroatoms. The van der Waals surface area contributed by atoms with Crippen molar-refractivity contribution in [2.45, 2.75) is 62.8 Å². The second-order valence-electron chi connectivity index (χ2n) is 8.55. The molecular formula is C19H24O5. The average molecular weight is 332 g/mol. The van der Waals surface area contributed by atoms with Gasteiger partial charge in [0, 0.05) is 0 Å². The molecule has 0 aromatic carbocycles. The van der Waals surface area contributed by atoms with Crippen molar-refractivity contribution in [2.24, 2.45) is 23.7 Å². The first-order valence-corrected chi connectivity index (χ1v) is 9.31. The van der Waals surface area contributed by atoms with Gasteiger partial charge in [0.1, 0.15) is 5.60 Å². The Hall–Kier alpha value is -1.36. The van der Waals surface area contributed by atoms with Crippen molar-refractivity contribution in [3.63, 3.8) is 0 Å². The molecule has 2 heterocycles. The van der Waals surface area contributed by atoms with Crippen LogP contribution in [-0.2, 0) is 23.8 Å². The lowest BCUT2D eigenvalue weighted by Gasteiger charge is -2.55. The zero-order valence-electron chi connectivity index (χ0n) is 13.8. The first-order chi connectivity index (χ1) is 11.6. The molecule has 5 fully saturated rings. The van der Waals surface area contributed by atoms with Gasteiger partial charge in [-0.05, 0) is 62.7 Å². The SMILES string of the molecule is O=C(COC(=O)C1CC2C=CC1O2)OC12CC3CC(CC(C3)C1)C2. The first kappa shape index (κ1) is 14.9. The smallest absolute Gasteiger partial charge is 0.344 e. The zero-order chi connectivity index (χ0) is 16.3. The Balaban J connectivity index is 1.15. The molecule has 0 radical (unpaired) electrons. The van der Waals surface area contributed by atoms with E-state index in [9.17, 15) is 9.59 Å². The van der Waals surface area contributed by atoms with Gasteiger partial charge in [-0.15, -0.1) is 0 Å². The fourth-order valence-corrected chi connectivity index (χ4v) is 6.17. The van der Waals surface area contributed by atoms with Crippen LogP contribution >= 0.6 is 0 Å². The highest BCUT2D eigenvalue weighted by molar-refractivity contribution is 5.79. The van der Waals surface area contributed by atoms with Crippen LogP contribution in [0.1, 0.15) is 44.9 Å². The van der Waals surface area contributed by atoms with Gasteiger partial charge in [0.05, 0.1) is 18.1 Å². The van der Waals surface area contributed by atoms with Gasteiger partial charge in [-0.2, -0.15) is 0 Å². The molecular weight excluding hydrogens is 308 g/mol. The third-order valence-electron chi connectivity index (χ3n) is 6.68. The average Bonchev–Trinajstić information content (AvgIpc) is 3.13. The second kappa shape index (κ2) is 5.32. The summed E-state index contributed by atoms with van der Waals surface area (Å²) < 4.78 is 16.7. The van der Waals surface area contributed by atoms with Crippen molar-refractivity contribution in [1.29, 1.82) is 0 Å². The van der Waals surface area contributed by atoms with Gasteiger partial charge in [-0.25, -0.2) is 4.79 Å². The van der Waals surface area contributed by atoms with Crippen LogP contribution in [0.15, 0.2) is 12.2 Å². The topological polar surface area (TPSA) is 61.8 Å². The Labute approximate surface area is 141 Å². The Bertz CT molecular complexity index is 559. The fraction of sp³-hybridized carbons (Fsp3) is 0.789. The highest BCUT2D eigenvalue weighted by Crippen LogP contribution is 2.57. The summed E-state index contributed by atoms with van der Waals surface area (Å²) in [7, 11) is 0. The molecule has 2 aliphatic heterocycles. The first-order valence-electron chi connectivity index (χ1n) is 9.31. The quantitative estimate of drug-likeness (QED) is 0.584. The van der Waals surface area contributed by atoms with Crippen LogP contribution in [0.4, 0.5) is 0 Å². The van der Waals surface area contributed by atoms with Gasteiger partial charge in [0.2, 0.25) is 0 Å². The number of rotatable bonds is 4. The van der Waals surface area contributed by atoms with E-state index >= 15 is 0 Å². The largest absolute Gasteiger partial charge is 0.457 e. The monoisotopic (exact) mass is 332 g/mol. The highest BCUT2D eigenvalue weighted by atomic mass is 16.6. The van der Waals surface area contributed by atoms with Crippen LogP contribution in [0.3, 0.4) is 0 Å². The van der Waals surface area contributed by atoms with E-state index in [-0.39, 0.29) is 42.3 Å². The Morgan fingerprint density at radius 1 is 1.00 bits per heavy atom. The molecule has 4 saturated carbocycles. The van der Waals surface area contributed by atoms with E-state index in [0.29, 0.717) is 6.42 Å². The minimum atomic E-state index is -0.384. The number of fused-ring (bicyclic) bond motifs is 2. The number of hydrogen-bond donors (Lipinski definition) is 0. The van der Waals surface area contributed by atoms with Gasteiger partial charge >= 0.3 is 11.9 Å². The third-order valence-corrected chi connectivity index (χ3v) is 6.68. The minimum Gasteiger partial charge on any atom is -0.457 e. The Kier molecular flexibility index (Phi) is 3.31. The van der Waals surface area contributed by atoms with Gasteiger partial charge in [0.25, 0.3) is 0 Å². The van der Waals surface area contributed by atoms with Gasteiger partial charge in [-0.1, -0.05) is 12.2 Å². The summed E-state index contributed by atoms with van der Waals surface area (Å²) in [6.07, 6.45) is 11.3. The number of carbonyl (C=O) groups excluding carboxylic acids is 2. The molecule has 5 nitrogen and oxygen atoms in total. The molecule has 6 aliphatic rings. The number of carbonyl (C=O) groups is 2. The van der Waals surface area contributed by atoms with Gasteiger partial charge in [-0.3, -0.25) is 4.79 Å².